The van der Waals surface area contributed by atoms with Crippen LogP contribution in [0.2, 0.25) is 0 Å². The molecule has 170 valence electrons. The van der Waals surface area contributed by atoms with Gasteiger partial charge in [0, 0.05) is 23.2 Å². The Morgan fingerprint density at radius 2 is 2.03 bits per heavy atom. The molecule has 1 unspecified atom stereocenters. The number of halogens is 3. The number of carbonyl (C=O) groups excluding carboxylic acids is 1. The molecule has 1 fully saturated rings. The second kappa shape index (κ2) is 6.96. The molecule has 3 N–H and O–H groups in total. The first-order valence-corrected chi connectivity index (χ1v) is 10.3. The molecular weight excluding hydrogens is 437 g/mol. The van der Waals surface area contributed by atoms with Gasteiger partial charge in [-0.25, -0.2) is 4.98 Å². The van der Waals surface area contributed by atoms with Gasteiger partial charge in [-0.05, 0) is 50.3 Å². The molecule has 0 radical (unpaired) electrons. The number of nitrogens with zero attached hydrogens (tertiary/aromatic N) is 3. The van der Waals surface area contributed by atoms with Gasteiger partial charge < -0.3 is 19.9 Å². The molecule has 3 aromatic rings. The number of carbonyl (C=O) groups is 1. The molecule has 4 heterocycles. The Kier molecular flexibility index (Phi) is 4.49. The molecule has 33 heavy (non-hydrogen) atoms. The minimum absolute atomic E-state index is 0.0543. The SMILES string of the molecule is Cc1cc(C(C)(O)C#Cc2ccc3c(c2)-c2nc(C(N)=O)c(C(F)(F)F)n2C2CC3C2)no1. The molecule has 1 aliphatic carbocycles. The fourth-order valence-electron chi connectivity index (χ4n) is 4.51. The van der Waals surface area contributed by atoms with Gasteiger partial charge in [0.25, 0.3) is 5.91 Å². The highest BCUT2D eigenvalue weighted by Gasteiger charge is 2.48. The van der Waals surface area contributed by atoms with Crippen LogP contribution in [0.3, 0.4) is 0 Å². The van der Waals surface area contributed by atoms with Crippen molar-refractivity contribution in [2.45, 2.75) is 50.4 Å². The lowest BCUT2D eigenvalue weighted by atomic mass is 9.75. The van der Waals surface area contributed by atoms with Crippen LogP contribution >= 0.6 is 0 Å². The van der Waals surface area contributed by atoms with Gasteiger partial charge in [0.2, 0.25) is 0 Å². The number of nitrogens with two attached hydrogens (primary N) is 1. The van der Waals surface area contributed by atoms with E-state index in [-0.39, 0.29) is 17.4 Å². The maximum atomic E-state index is 13.9. The Labute approximate surface area is 186 Å². The minimum atomic E-state index is -4.78. The number of benzene rings is 1. The number of primary amides is 1. The summed E-state index contributed by atoms with van der Waals surface area (Å²) in [6.07, 6.45) is -3.75. The van der Waals surface area contributed by atoms with Gasteiger partial charge in [0.1, 0.15) is 17.3 Å². The second-order valence-electron chi connectivity index (χ2n) is 8.63. The molecular formula is C23H19F3N4O3. The summed E-state index contributed by atoms with van der Waals surface area (Å²) < 4.78 is 47.8. The van der Waals surface area contributed by atoms with E-state index in [1.165, 1.54) is 6.92 Å². The number of aryl methyl sites for hydroxylation is 1. The lowest BCUT2D eigenvalue weighted by molar-refractivity contribution is -0.145. The Balaban J connectivity index is 1.64. The lowest BCUT2D eigenvalue weighted by Crippen LogP contribution is -2.28. The van der Waals surface area contributed by atoms with E-state index in [0.717, 1.165) is 10.1 Å². The lowest BCUT2D eigenvalue weighted by Gasteiger charge is -2.35. The molecule has 1 amide bonds. The summed E-state index contributed by atoms with van der Waals surface area (Å²) in [7, 11) is 0. The van der Waals surface area contributed by atoms with Crippen molar-refractivity contribution in [1.29, 1.82) is 0 Å². The zero-order valence-electron chi connectivity index (χ0n) is 17.7. The van der Waals surface area contributed by atoms with Gasteiger partial charge in [0.05, 0.1) is 0 Å². The van der Waals surface area contributed by atoms with Crippen LogP contribution in [-0.4, -0.2) is 25.7 Å². The van der Waals surface area contributed by atoms with E-state index in [1.807, 2.05) is 6.07 Å². The Bertz CT molecular complexity index is 1350. The van der Waals surface area contributed by atoms with Crippen LogP contribution in [0.25, 0.3) is 11.4 Å². The number of alkyl halides is 3. The number of imidazole rings is 1. The first-order chi connectivity index (χ1) is 15.5. The summed E-state index contributed by atoms with van der Waals surface area (Å²) in [5.74, 6) is 5.04. The summed E-state index contributed by atoms with van der Waals surface area (Å²) in [5, 5.41) is 14.4. The van der Waals surface area contributed by atoms with Crippen molar-refractivity contribution in [3.8, 4) is 23.2 Å². The van der Waals surface area contributed by atoms with E-state index in [0.29, 0.717) is 29.7 Å². The summed E-state index contributed by atoms with van der Waals surface area (Å²) in [6, 6.07) is 6.36. The van der Waals surface area contributed by atoms with Crippen molar-refractivity contribution >= 4 is 5.91 Å². The van der Waals surface area contributed by atoms with Crippen molar-refractivity contribution < 1.29 is 27.6 Å². The van der Waals surface area contributed by atoms with E-state index in [1.54, 1.807) is 25.1 Å². The summed E-state index contributed by atoms with van der Waals surface area (Å²) >= 11 is 0. The normalized spacial score (nSPS) is 20.4. The van der Waals surface area contributed by atoms with Crippen molar-refractivity contribution in [3.05, 3.63) is 58.2 Å². The average molecular weight is 456 g/mol. The maximum absolute atomic E-state index is 13.9. The summed E-state index contributed by atoms with van der Waals surface area (Å²) in [4.78, 5) is 15.8. The van der Waals surface area contributed by atoms with Crippen LogP contribution in [0.15, 0.2) is 28.8 Å². The number of aromatic nitrogens is 3. The van der Waals surface area contributed by atoms with Crippen LogP contribution in [0, 0.1) is 18.8 Å². The first kappa shape index (κ1) is 21.3. The van der Waals surface area contributed by atoms with Gasteiger partial charge in [-0.3, -0.25) is 4.79 Å². The zero-order valence-corrected chi connectivity index (χ0v) is 17.7. The van der Waals surface area contributed by atoms with Crippen molar-refractivity contribution in [2.24, 2.45) is 5.73 Å². The summed E-state index contributed by atoms with van der Waals surface area (Å²) in [5.41, 5.74) is 3.81. The zero-order chi connectivity index (χ0) is 23.7. The molecule has 2 aromatic heterocycles. The van der Waals surface area contributed by atoms with E-state index in [4.69, 9.17) is 10.3 Å². The molecule has 0 saturated heterocycles. The molecule has 10 heteroatoms. The highest BCUT2D eigenvalue weighted by Crippen LogP contribution is 2.54. The topological polar surface area (TPSA) is 107 Å². The number of amides is 1. The molecule has 3 aliphatic rings. The van der Waals surface area contributed by atoms with Crippen LogP contribution < -0.4 is 5.73 Å². The molecule has 0 spiro atoms. The molecule has 1 atom stereocenters. The van der Waals surface area contributed by atoms with E-state index in [9.17, 15) is 23.1 Å². The molecule has 1 saturated carbocycles. The highest BCUT2D eigenvalue weighted by atomic mass is 19.4. The van der Waals surface area contributed by atoms with Gasteiger partial charge in [0.15, 0.2) is 17.0 Å². The van der Waals surface area contributed by atoms with Gasteiger partial charge >= 0.3 is 6.18 Å². The van der Waals surface area contributed by atoms with Gasteiger partial charge in [-0.2, -0.15) is 13.2 Å². The highest BCUT2D eigenvalue weighted by molar-refractivity contribution is 5.93. The fraction of sp³-hybridized carbons (Fsp3) is 0.348. The smallest absolute Gasteiger partial charge is 0.372 e. The van der Waals surface area contributed by atoms with E-state index < -0.39 is 35.1 Å². The van der Waals surface area contributed by atoms with Crippen molar-refractivity contribution in [1.82, 2.24) is 14.7 Å². The quantitative estimate of drug-likeness (QED) is 0.573. The fourth-order valence-corrected chi connectivity index (χ4v) is 4.51. The predicted octanol–water partition coefficient (Wildman–Crippen LogP) is 3.66. The molecule has 2 bridgehead atoms. The Morgan fingerprint density at radius 1 is 1.30 bits per heavy atom. The average Bonchev–Trinajstić information content (AvgIpc) is 3.25. The maximum Gasteiger partial charge on any atom is 0.433 e. The van der Waals surface area contributed by atoms with Crippen molar-refractivity contribution in [3.63, 3.8) is 0 Å². The number of aliphatic hydroxyl groups is 1. The monoisotopic (exact) mass is 456 g/mol. The van der Waals surface area contributed by atoms with Gasteiger partial charge in [-0.1, -0.05) is 23.1 Å². The Hall–Kier alpha value is -3.58. The number of rotatable bonds is 2. The van der Waals surface area contributed by atoms with Crippen molar-refractivity contribution in [2.75, 3.05) is 0 Å². The third-order valence-corrected chi connectivity index (χ3v) is 6.20. The van der Waals surface area contributed by atoms with Crippen LogP contribution in [0.1, 0.15) is 70.5 Å². The standard InChI is InChI=1S/C23H19F3N4O3/c1-11-7-17(29-33-11)22(2,32)6-5-12-3-4-15-13-9-14(10-13)30-19(23(24,25)26)18(20(27)31)28-21(30)16(15)8-12/h3-4,7-8,13-14,32H,9-10H2,1-2H3,(H2,27,31). The third-order valence-electron chi connectivity index (χ3n) is 6.20. The molecule has 1 aromatic carbocycles. The molecule has 6 rings (SSSR count). The molecule has 7 nitrogen and oxygen atoms in total. The summed E-state index contributed by atoms with van der Waals surface area (Å²) in [6.45, 7) is 3.16. The first-order valence-electron chi connectivity index (χ1n) is 10.3. The van der Waals surface area contributed by atoms with E-state index >= 15 is 0 Å². The predicted molar refractivity (Wildman–Crippen MR) is 110 cm³/mol. The minimum Gasteiger partial charge on any atom is -0.372 e. The third kappa shape index (κ3) is 3.40. The van der Waals surface area contributed by atoms with Gasteiger partial charge in [-0.15, -0.1) is 0 Å². The second-order valence-corrected chi connectivity index (χ2v) is 8.63. The number of hydrogen-bond donors (Lipinski definition) is 2. The van der Waals surface area contributed by atoms with Crippen LogP contribution in [0.5, 0.6) is 0 Å². The Morgan fingerprint density at radius 3 is 2.64 bits per heavy atom. The number of hydrogen-bond acceptors (Lipinski definition) is 5. The van der Waals surface area contributed by atoms with E-state index in [2.05, 4.69) is 22.0 Å². The molecule has 2 aliphatic heterocycles. The van der Waals surface area contributed by atoms with Crippen LogP contribution in [-0.2, 0) is 11.8 Å². The van der Waals surface area contributed by atoms with Crippen LogP contribution in [0.4, 0.5) is 13.2 Å². The largest absolute Gasteiger partial charge is 0.433 e.